The molecule has 0 radical (unpaired) electrons. The number of thiocarbonyl (C=S) groups is 1. The van der Waals surface area contributed by atoms with Crippen LogP contribution in [0.2, 0.25) is 0 Å². The molecular weight excluding hydrogens is 413 g/mol. The van der Waals surface area contributed by atoms with E-state index in [-0.39, 0.29) is 16.7 Å². The summed E-state index contributed by atoms with van der Waals surface area (Å²) < 4.78 is 72.9. The number of para-hydroxylation sites is 1. The fraction of sp³-hybridized carbons (Fsp3) is 0.300. The molecule has 1 unspecified atom stereocenters. The van der Waals surface area contributed by atoms with Crippen LogP contribution in [-0.2, 0) is 5.92 Å². The van der Waals surface area contributed by atoms with E-state index in [1.54, 1.807) is 44.2 Å². The number of aliphatic hydroxyl groups excluding tert-OH is 1. The van der Waals surface area contributed by atoms with Gasteiger partial charge in [-0.3, -0.25) is 0 Å². The standard InChI is InChI=1S/C20H16F5NO2S/c1-18(2)17(27)16(26-11-6-4-3-5-7-11)15-12(10-29)13(8-9-14(15)28-18)19(21,22)20(23,24)25/h3-9,17,26-27H,1-2H3. The molecule has 154 valence electrons. The molecule has 1 aliphatic rings. The smallest absolute Gasteiger partial charge is 0.458 e. The van der Waals surface area contributed by atoms with Crippen molar-refractivity contribution in [1.29, 1.82) is 0 Å². The highest BCUT2D eigenvalue weighted by atomic mass is 32.1. The summed E-state index contributed by atoms with van der Waals surface area (Å²) in [7, 11) is 0. The van der Waals surface area contributed by atoms with Gasteiger partial charge in [0.05, 0.1) is 16.1 Å². The van der Waals surface area contributed by atoms with E-state index in [4.69, 9.17) is 4.74 Å². The number of ether oxygens (including phenoxy) is 1. The Balaban J connectivity index is 2.40. The largest absolute Gasteiger partial charge is 0.484 e. The van der Waals surface area contributed by atoms with Crippen molar-refractivity contribution in [3.8, 4) is 5.75 Å². The Morgan fingerprint density at radius 3 is 2.24 bits per heavy atom. The van der Waals surface area contributed by atoms with Gasteiger partial charge in [-0.15, -0.1) is 0 Å². The van der Waals surface area contributed by atoms with Crippen LogP contribution in [-0.4, -0.2) is 28.0 Å². The monoisotopic (exact) mass is 429 g/mol. The van der Waals surface area contributed by atoms with Gasteiger partial charge in [0.2, 0.25) is 0 Å². The first-order valence-electron chi connectivity index (χ1n) is 8.46. The highest BCUT2D eigenvalue weighted by Gasteiger charge is 2.59. The molecule has 3 nitrogen and oxygen atoms in total. The van der Waals surface area contributed by atoms with Crippen LogP contribution < -0.4 is 20.5 Å². The van der Waals surface area contributed by atoms with Crippen molar-refractivity contribution in [3.05, 3.63) is 58.5 Å². The molecule has 0 aliphatic carbocycles. The third-order valence-electron chi connectivity index (χ3n) is 4.59. The van der Waals surface area contributed by atoms with Crippen LogP contribution >= 0.6 is 12.2 Å². The number of aliphatic hydroxyl groups is 1. The van der Waals surface area contributed by atoms with E-state index in [2.05, 4.69) is 17.5 Å². The molecule has 1 atom stereocenters. The molecule has 0 saturated heterocycles. The van der Waals surface area contributed by atoms with E-state index < -0.39 is 34.6 Å². The number of fused-ring (bicyclic) bond motifs is 1. The van der Waals surface area contributed by atoms with Crippen LogP contribution in [0, 0.1) is 0 Å². The van der Waals surface area contributed by atoms with Gasteiger partial charge in [-0.25, -0.2) is 0 Å². The molecule has 1 aliphatic heterocycles. The molecule has 29 heavy (non-hydrogen) atoms. The van der Waals surface area contributed by atoms with Crippen molar-refractivity contribution >= 4 is 28.6 Å². The highest BCUT2D eigenvalue weighted by Crippen LogP contribution is 2.42. The van der Waals surface area contributed by atoms with Crippen molar-refractivity contribution in [1.82, 2.24) is 0 Å². The van der Waals surface area contributed by atoms with Gasteiger partial charge < -0.3 is 15.2 Å². The average molecular weight is 429 g/mol. The van der Waals surface area contributed by atoms with E-state index in [1.165, 1.54) is 0 Å². The minimum absolute atomic E-state index is 0.00498. The molecule has 0 aromatic heterocycles. The van der Waals surface area contributed by atoms with Crippen LogP contribution in [0.4, 0.5) is 27.6 Å². The van der Waals surface area contributed by atoms with Gasteiger partial charge in [0, 0.05) is 11.3 Å². The summed E-state index contributed by atoms with van der Waals surface area (Å²) in [6, 6.07) is 10.1. The first-order valence-corrected chi connectivity index (χ1v) is 8.87. The van der Waals surface area contributed by atoms with Crippen LogP contribution in [0.15, 0.2) is 42.5 Å². The highest BCUT2D eigenvalue weighted by molar-refractivity contribution is 7.78. The molecule has 1 heterocycles. The summed E-state index contributed by atoms with van der Waals surface area (Å²) in [4.78, 5) is 0. The third kappa shape index (κ3) is 3.61. The maximum atomic E-state index is 14.1. The number of hydrogen-bond donors (Lipinski definition) is 2. The summed E-state index contributed by atoms with van der Waals surface area (Å²) in [5.41, 5.74) is -2.05. The Kier molecular flexibility index (Phi) is 5.19. The maximum Gasteiger partial charge on any atom is 0.458 e. The Morgan fingerprint density at radius 1 is 1.07 bits per heavy atom. The number of nitrogens with one attached hydrogen (secondary N) is 1. The van der Waals surface area contributed by atoms with Crippen molar-refractivity contribution < 1.29 is 31.8 Å². The first kappa shape index (κ1) is 21.2. The molecule has 2 aromatic carbocycles. The number of rotatable bonds is 3. The van der Waals surface area contributed by atoms with E-state index in [9.17, 15) is 27.1 Å². The van der Waals surface area contributed by atoms with Gasteiger partial charge in [0.1, 0.15) is 17.5 Å². The molecule has 3 rings (SSSR count). The fourth-order valence-electron chi connectivity index (χ4n) is 3.09. The molecule has 0 amide bonds. The number of hydrogen-bond acceptors (Lipinski definition) is 4. The molecule has 0 bridgehead atoms. The van der Waals surface area contributed by atoms with Gasteiger partial charge in [-0.1, -0.05) is 18.2 Å². The van der Waals surface area contributed by atoms with Crippen molar-refractivity contribution in [2.45, 2.75) is 37.7 Å². The quantitative estimate of drug-likeness (QED) is 0.580. The van der Waals surface area contributed by atoms with E-state index in [0.717, 1.165) is 6.07 Å². The topological polar surface area (TPSA) is 41.5 Å². The molecular formula is C20H16F5NO2S. The first-order chi connectivity index (χ1) is 13.4. The van der Waals surface area contributed by atoms with Crippen LogP contribution in [0.25, 0.3) is 5.70 Å². The number of benzene rings is 2. The summed E-state index contributed by atoms with van der Waals surface area (Å²) in [6.45, 7) is 3.12. The van der Waals surface area contributed by atoms with Crippen molar-refractivity contribution in [2.24, 2.45) is 0 Å². The summed E-state index contributed by atoms with van der Waals surface area (Å²) in [5, 5.41) is 14.9. The minimum Gasteiger partial charge on any atom is -0.484 e. The Hall–Kier alpha value is -2.48. The van der Waals surface area contributed by atoms with Gasteiger partial charge in [-0.2, -0.15) is 22.0 Å². The number of anilines is 1. The lowest BCUT2D eigenvalue weighted by atomic mass is 9.91. The maximum absolute atomic E-state index is 14.1. The Bertz CT molecular complexity index is 1080. The lowest BCUT2D eigenvalue weighted by Gasteiger charge is -2.37. The number of halogens is 5. The predicted octanol–water partition coefficient (Wildman–Crippen LogP) is 3.36. The second-order valence-electron chi connectivity index (χ2n) is 7.05. The van der Waals surface area contributed by atoms with E-state index in [0.29, 0.717) is 11.8 Å². The predicted molar refractivity (Wildman–Crippen MR) is 102 cm³/mol. The molecule has 9 heteroatoms. The van der Waals surface area contributed by atoms with Gasteiger partial charge in [0.25, 0.3) is 0 Å². The second kappa shape index (κ2) is 7.09. The SMILES string of the molecule is CC1(C)Oc2ccc(C(F)(F)C(F)(F)F)c(=C=S)c2=C(Nc2ccccc2)C1O. The fourth-order valence-corrected chi connectivity index (χ4v) is 3.30. The Morgan fingerprint density at radius 2 is 1.69 bits per heavy atom. The normalized spacial score (nSPS) is 18.5. The van der Waals surface area contributed by atoms with Gasteiger partial charge in [-0.05, 0) is 55.4 Å². The zero-order chi connectivity index (χ0) is 21.6. The Labute approximate surface area is 168 Å². The van der Waals surface area contributed by atoms with Crippen molar-refractivity contribution in [2.75, 3.05) is 5.32 Å². The van der Waals surface area contributed by atoms with Crippen LogP contribution in [0.5, 0.6) is 5.75 Å². The lowest BCUT2D eigenvalue weighted by Crippen LogP contribution is -2.54. The van der Waals surface area contributed by atoms with Crippen LogP contribution in [0.1, 0.15) is 19.4 Å². The number of alkyl halides is 5. The molecule has 0 spiro atoms. The minimum atomic E-state index is -5.83. The molecule has 0 saturated carbocycles. The average Bonchev–Trinajstić information content (AvgIpc) is 2.64. The van der Waals surface area contributed by atoms with Gasteiger partial charge >= 0.3 is 12.1 Å². The molecule has 2 N–H and O–H groups in total. The van der Waals surface area contributed by atoms with Crippen molar-refractivity contribution in [3.63, 3.8) is 0 Å². The second-order valence-corrected chi connectivity index (χ2v) is 7.25. The summed E-state index contributed by atoms with van der Waals surface area (Å²) in [6.07, 6.45) is -7.20. The zero-order valence-corrected chi connectivity index (χ0v) is 16.1. The van der Waals surface area contributed by atoms with E-state index >= 15 is 0 Å². The van der Waals surface area contributed by atoms with Gasteiger partial charge in [0.15, 0.2) is 0 Å². The summed E-state index contributed by atoms with van der Waals surface area (Å²) >= 11 is 4.67. The summed E-state index contributed by atoms with van der Waals surface area (Å²) in [5.74, 6) is -5.16. The lowest BCUT2D eigenvalue weighted by molar-refractivity contribution is -0.289. The van der Waals surface area contributed by atoms with E-state index in [1.807, 2.05) is 5.02 Å². The van der Waals surface area contributed by atoms with Crippen LogP contribution in [0.3, 0.4) is 0 Å². The molecule has 2 aromatic rings. The third-order valence-corrected chi connectivity index (χ3v) is 4.79. The zero-order valence-electron chi connectivity index (χ0n) is 15.3. The molecule has 0 fully saturated rings.